The van der Waals surface area contributed by atoms with Gasteiger partial charge in [-0.2, -0.15) is 0 Å². The molecule has 0 bridgehead atoms. The van der Waals surface area contributed by atoms with Crippen LogP contribution in [0.5, 0.6) is 5.75 Å². The lowest BCUT2D eigenvalue weighted by molar-refractivity contribution is 0.336. The number of guanidine groups is 1. The summed E-state index contributed by atoms with van der Waals surface area (Å²) in [5.41, 5.74) is 1.12. The van der Waals surface area contributed by atoms with E-state index >= 15 is 0 Å². The van der Waals surface area contributed by atoms with E-state index in [1.165, 1.54) is 4.88 Å². The smallest absolute Gasteiger partial charge is 0.191 e. The summed E-state index contributed by atoms with van der Waals surface area (Å²) in [4.78, 5) is 9.86. The number of benzene rings is 1. The molecule has 2 N–H and O–H groups in total. The Morgan fingerprint density at radius 3 is 2.75 bits per heavy atom. The molecule has 0 aliphatic rings. The first kappa shape index (κ1) is 20.7. The van der Waals surface area contributed by atoms with Gasteiger partial charge >= 0.3 is 0 Å². The summed E-state index contributed by atoms with van der Waals surface area (Å²) in [7, 11) is 1.78. The molecule has 0 aliphatic heterocycles. The molecular formula is C17H25IN4OS. The van der Waals surface area contributed by atoms with Gasteiger partial charge in [0.05, 0.1) is 11.6 Å². The van der Waals surface area contributed by atoms with Gasteiger partial charge < -0.3 is 15.4 Å². The number of para-hydroxylation sites is 1. The van der Waals surface area contributed by atoms with Gasteiger partial charge in [-0.25, -0.2) is 4.98 Å². The minimum Gasteiger partial charge on any atom is -0.494 e. The van der Waals surface area contributed by atoms with Gasteiger partial charge in [0.15, 0.2) is 5.96 Å². The standard InChI is InChI=1S/C17H24N4OS.HI/c1-4-22-15-8-6-5-7-14(15)12-21-17(18-3)19-10-9-16-20-11-13(2)23-16;/h5-8,11H,4,9-10,12H2,1-3H3,(H2,18,19,21);1H. The normalized spacial score (nSPS) is 10.9. The summed E-state index contributed by atoms with van der Waals surface area (Å²) in [5.74, 6) is 1.70. The zero-order chi connectivity index (χ0) is 16.5. The molecule has 0 unspecified atom stereocenters. The summed E-state index contributed by atoms with van der Waals surface area (Å²) >= 11 is 1.74. The van der Waals surface area contributed by atoms with Crippen LogP contribution in [0.15, 0.2) is 35.5 Å². The first-order chi connectivity index (χ1) is 11.2. The highest BCUT2D eigenvalue weighted by Gasteiger charge is 2.04. The molecule has 1 aromatic carbocycles. The van der Waals surface area contributed by atoms with Crippen molar-refractivity contribution in [3.05, 3.63) is 45.9 Å². The van der Waals surface area contributed by atoms with Gasteiger partial charge in [0.1, 0.15) is 5.75 Å². The quantitative estimate of drug-likeness (QED) is 0.378. The van der Waals surface area contributed by atoms with Crippen molar-refractivity contribution in [2.24, 2.45) is 4.99 Å². The average Bonchev–Trinajstić information content (AvgIpc) is 2.97. The van der Waals surface area contributed by atoms with Crippen LogP contribution in [0, 0.1) is 6.92 Å². The van der Waals surface area contributed by atoms with E-state index in [1.807, 2.05) is 31.3 Å². The number of nitrogens with one attached hydrogen (secondary N) is 2. The van der Waals surface area contributed by atoms with Crippen LogP contribution >= 0.6 is 35.3 Å². The zero-order valence-corrected chi connectivity index (χ0v) is 17.5. The number of aryl methyl sites for hydroxylation is 1. The van der Waals surface area contributed by atoms with Crippen LogP contribution in [0.4, 0.5) is 0 Å². The number of rotatable bonds is 7. The maximum Gasteiger partial charge on any atom is 0.191 e. The lowest BCUT2D eigenvalue weighted by Crippen LogP contribution is -2.37. The van der Waals surface area contributed by atoms with Gasteiger partial charge in [-0.05, 0) is 19.9 Å². The first-order valence-corrected chi connectivity index (χ1v) is 8.61. The van der Waals surface area contributed by atoms with Gasteiger partial charge in [0.2, 0.25) is 0 Å². The maximum atomic E-state index is 5.64. The van der Waals surface area contributed by atoms with Crippen molar-refractivity contribution in [2.75, 3.05) is 20.2 Å². The summed E-state index contributed by atoms with van der Waals surface area (Å²) < 4.78 is 5.64. The Morgan fingerprint density at radius 2 is 2.08 bits per heavy atom. The van der Waals surface area contributed by atoms with Gasteiger partial charge in [0, 0.05) is 43.2 Å². The second-order valence-corrected chi connectivity index (χ2v) is 6.33. The summed E-state index contributed by atoms with van der Waals surface area (Å²) in [5, 5.41) is 7.78. The monoisotopic (exact) mass is 460 g/mol. The molecule has 5 nitrogen and oxygen atoms in total. The van der Waals surface area contributed by atoms with Crippen molar-refractivity contribution in [2.45, 2.75) is 26.8 Å². The van der Waals surface area contributed by atoms with Gasteiger partial charge in [-0.15, -0.1) is 35.3 Å². The molecule has 1 heterocycles. The molecule has 0 spiro atoms. The predicted octanol–water partition coefficient (Wildman–Crippen LogP) is 3.38. The van der Waals surface area contributed by atoms with Crippen LogP contribution < -0.4 is 15.4 Å². The molecule has 2 rings (SSSR count). The Morgan fingerprint density at radius 1 is 1.29 bits per heavy atom. The molecule has 2 aromatic rings. The third-order valence-electron chi connectivity index (χ3n) is 3.24. The molecule has 24 heavy (non-hydrogen) atoms. The van der Waals surface area contributed by atoms with E-state index < -0.39 is 0 Å². The van der Waals surface area contributed by atoms with Crippen LogP contribution in [-0.4, -0.2) is 31.1 Å². The van der Waals surface area contributed by atoms with E-state index in [-0.39, 0.29) is 24.0 Å². The largest absolute Gasteiger partial charge is 0.494 e. The van der Waals surface area contributed by atoms with Crippen molar-refractivity contribution < 1.29 is 4.74 Å². The number of halogens is 1. The number of aliphatic imine (C=N–C) groups is 1. The van der Waals surface area contributed by atoms with Crippen LogP contribution in [0.3, 0.4) is 0 Å². The molecule has 0 fully saturated rings. The number of thiazole rings is 1. The van der Waals surface area contributed by atoms with Crippen LogP contribution in [0.2, 0.25) is 0 Å². The second-order valence-electron chi connectivity index (χ2n) is 5.01. The van der Waals surface area contributed by atoms with Crippen LogP contribution in [0.1, 0.15) is 22.4 Å². The Labute approximate surface area is 165 Å². The molecular weight excluding hydrogens is 435 g/mol. The molecule has 0 saturated heterocycles. The van der Waals surface area contributed by atoms with E-state index in [0.29, 0.717) is 13.2 Å². The highest BCUT2D eigenvalue weighted by molar-refractivity contribution is 14.0. The zero-order valence-electron chi connectivity index (χ0n) is 14.3. The fourth-order valence-corrected chi connectivity index (χ4v) is 2.94. The van der Waals surface area contributed by atoms with Crippen LogP contribution in [-0.2, 0) is 13.0 Å². The molecule has 0 atom stereocenters. The summed E-state index contributed by atoms with van der Waals surface area (Å²) in [6.45, 7) is 6.21. The molecule has 0 aliphatic carbocycles. The molecule has 0 radical (unpaired) electrons. The second kappa shape index (κ2) is 11.2. The Kier molecular flexibility index (Phi) is 9.70. The fourth-order valence-electron chi connectivity index (χ4n) is 2.15. The number of ether oxygens (including phenoxy) is 1. The minimum atomic E-state index is 0. The van der Waals surface area contributed by atoms with Gasteiger partial charge in [-0.1, -0.05) is 18.2 Å². The van der Waals surface area contributed by atoms with E-state index in [1.54, 1.807) is 18.4 Å². The van der Waals surface area contributed by atoms with E-state index in [9.17, 15) is 0 Å². The molecule has 1 aromatic heterocycles. The van der Waals surface area contributed by atoms with E-state index in [4.69, 9.17) is 4.74 Å². The topological polar surface area (TPSA) is 58.5 Å². The SMILES string of the molecule is CCOc1ccccc1CNC(=NC)NCCc1ncc(C)s1.I. The van der Waals surface area contributed by atoms with Gasteiger partial charge in [-0.3, -0.25) is 4.99 Å². The van der Waals surface area contributed by atoms with Crippen molar-refractivity contribution >= 4 is 41.3 Å². The fraction of sp³-hybridized carbons (Fsp3) is 0.412. The summed E-state index contributed by atoms with van der Waals surface area (Å²) in [6.07, 6.45) is 2.81. The van der Waals surface area contributed by atoms with E-state index in [2.05, 4.69) is 33.6 Å². The lowest BCUT2D eigenvalue weighted by Gasteiger charge is -2.14. The number of hydrogen-bond acceptors (Lipinski definition) is 4. The molecule has 0 saturated carbocycles. The van der Waals surface area contributed by atoms with Gasteiger partial charge in [0.25, 0.3) is 0 Å². The lowest BCUT2D eigenvalue weighted by atomic mass is 10.2. The predicted molar refractivity (Wildman–Crippen MR) is 112 cm³/mol. The Bertz CT molecular complexity index is 645. The van der Waals surface area contributed by atoms with Crippen molar-refractivity contribution in [3.63, 3.8) is 0 Å². The van der Waals surface area contributed by atoms with Crippen molar-refractivity contribution in [1.29, 1.82) is 0 Å². The Hall–Kier alpha value is -1.35. The molecule has 132 valence electrons. The van der Waals surface area contributed by atoms with Crippen molar-refractivity contribution in [3.8, 4) is 5.75 Å². The summed E-state index contributed by atoms with van der Waals surface area (Å²) in [6, 6.07) is 8.04. The minimum absolute atomic E-state index is 0. The first-order valence-electron chi connectivity index (χ1n) is 7.79. The van der Waals surface area contributed by atoms with Crippen LogP contribution in [0.25, 0.3) is 0 Å². The Balaban J connectivity index is 0.00000288. The average molecular weight is 460 g/mol. The number of aromatic nitrogens is 1. The third kappa shape index (κ3) is 6.64. The highest BCUT2D eigenvalue weighted by atomic mass is 127. The number of nitrogens with zero attached hydrogens (tertiary/aromatic N) is 2. The molecule has 7 heteroatoms. The van der Waals surface area contributed by atoms with E-state index in [0.717, 1.165) is 35.2 Å². The van der Waals surface area contributed by atoms with Crippen molar-refractivity contribution in [1.82, 2.24) is 15.6 Å². The molecule has 0 amide bonds. The number of hydrogen-bond donors (Lipinski definition) is 2. The third-order valence-corrected chi connectivity index (χ3v) is 4.22. The highest BCUT2D eigenvalue weighted by Crippen LogP contribution is 2.17. The maximum absolute atomic E-state index is 5.64.